The van der Waals surface area contributed by atoms with Crippen LogP contribution < -0.4 is 10.4 Å². The molecular formula is C15H13N. The quantitative estimate of drug-likeness (QED) is 0.645. The van der Waals surface area contributed by atoms with Crippen molar-refractivity contribution in [2.24, 2.45) is 0 Å². The third kappa shape index (κ3) is 2.26. The standard InChI is InChI=1S/C15H13N/c1-12-6-3-4-7-13(2)15-14(10-9-12)8-5-11-16-15/h3-11H,1-2H2. The van der Waals surface area contributed by atoms with Crippen molar-refractivity contribution >= 4 is 24.1 Å². The molecule has 0 N–H and O–H groups in total. The van der Waals surface area contributed by atoms with E-state index in [0.29, 0.717) is 0 Å². The smallest absolute Gasteiger partial charge is 0.0768 e. The summed E-state index contributed by atoms with van der Waals surface area (Å²) in [5, 5.41) is 2.94. The Morgan fingerprint density at radius 3 is 2.50 bits per heavy atom. The summed E-state index contributed by atoms with van der Waals surface area (Å²) in [6.07, 6.45) is 1.78. The van der Waals surface area contributed by atoms with Gasteiger partial charge in [0.25, 0.3) is 0 Å². The second kappa shape index (κ2) is 4.58. The van der Waals surface area contributed by atoms with Gasteiger partial charge in [-0.1, -0.05) is 55.6 Å². The lowest BCUT2D eigenvalue weighted by molar-refractivity contribution is 1.40. The van der Waals surface area contributed by atoms with Crippen LogP contribution in [0, 0.1) is 0 Å². The molecule has 1 heteroatoms. The minimum atomic E-state index is 0.914. The van der Waals surface area contributed by atoms with Crippen LogP contribution in [0.15, 0.2) is 54.7 Å². The Hall–Kier alpha value is -2.15. The molecule has 0 saturated carbocycles. The highest BCUT2D eigenvalue weighted by Crippen LogP contribution is 2.01. The molecule has 0 saturated heterocycles. The normalized spacial score (nSPS) is 9.75. The van der Waals surface area contributed by atoms with E-state index in [1.165, 1.54) is 0 Å². The molecule has 1 nitrogen and oxygen atoms in total. The van der Waals surface area contributed by atoms with Crippen molar-refractivity contribution in [3.8, 4) is 0 Å². The Kier molecular flexibility index (Phi) is 2.97. The fraction of sp³-hybridized carbons (Fsp3) is 0. The first-order valence-electron chi connectivity index (χ1n) is 5.13. The minimum absolute atomic E-state index is 0.914. The summed E-state index contributed by atoms with van der Waals surface area (Å²) in [5.74, 6) is 0. The van der Waals surface area contributed by atoms with E-state index < -0.39 is 0 Å². The largest absolute Gasteiger partial charge is 0.256 e. The molecule has 1 heterocycles. The van der Waals surface area contributed by atoms with Crippen LogP contribution in [0.25, 0.3) is 24.1 Å². The van der Waals surface area contributed by atoms with Crippen LogP contribution in [0.4, 0.5) is 0 Å². The van der Waals surface area contributed by atoms with Gasteiger partial charge in [-0.2, -0.15) is 0 Å². The molecule has 16 heavy (non-hydrogen) atoms. The molecular weight excluding hydrogens is 194 g/mol. The van der Waals surface area contributed by atoms with Gasteiger partial charge in [-0.3, -0.25) is 4.98 Å². The van der Waals surface area contributed by atoms with Gasteiger partial charge < -0.3 is 0 Å². The third-order valence-electron chi connectivity index (χ3n) is 2.34. The van der Waals surface area contributed by atoms with Gasteiger partial charge in [0, 0.05) is 11.6 Å². The zero-order valence-corrected chi connectivity index (χ0v) is 9.06. The molecule has 0 aliphatic carbocycles. The van der Waals surface area contributed by atoms with Crippen molar-refractivity contribution in [3.63, 3.8) is 0 Å². The van der Waals surface area contributed by atoms with Crippen LogP contribution >= 0.6 is 0 Å². The van der Waals surface area contributed by atoms with Crippen molar-refractivity contribution in [2.75, 3.05) is 0 Å². The summed E-state index contributed by atoms with van der Waals surface area (Å²) in [4.78, 5) is 4.34. The number of hydrogen-bond donors (Lipinski definition) is 0. The number of pyridine rings is 1. The highest BCUT2D eigenvalue weighted by molar-refractivity contribution is 5.77. The highest BCUT2D eigenvalue weighted by Gasteiger charge is 1.88. The molecule has 0 aliphatic heterocycles. The predicted molar refractivity (Wildman–Crippen MR) is 69.7 cm³/mol. The van der Waals surface area contributed by atoms with Crippen LogP contribution in [0.1, 0.15) is 0 Å². The van der Waals surface area contributed by atoms with Gasteiger partial charge in [-0.15, -0.1) is 0 Å². The first kappa shape index (κ1) is 10.4. The van der Waals surface area contributed by atoms with Crippen LogP contribution in [0.2, 0.25) is 0 Å². The Bertz CT molecular complexity index is 658. The molecule has 0 amide bonds. The first-order chi connectivity index (χ1) is 7.77. The summed E-state index contributed by atoms with van der Waals surface area (Å²) >= 11 is 0. The Balaban J connectivity index is 2.98. The topological polar surface area (TPSA) is 12.9 Å². The van der Waals surface area contributed by atoms with Crippen molar-refractivity contribution in [1.82, 2.24) is 4.98 Å². The molecule has 0 atom stereocenters. The van der Waals surface area contributed by atoms with E-state index in [9.17, 15) is 0 Å². The van der Waals surface area contributed by atoms with Crippen molar-refractivity contribution in [2.45, 2.75) is 0 Å². The molecule has 0 radical (unpaired) electrons. The number of nitrogens with zero attached hydrogens (tertiary/aromatic N) is 1. The second-order valence-corrected chi connectivity index (χ2v) is 3.59. The summed E-state index contributed by atoms with van der Waals surface area (Å²) < 4.78 is 0. The minimum Gasteiger partial charge on any atom is -0.256 e. The van der Waals surface area contributed by atoms with Crippen LogP contribution in [0.3, 0.4) is 0 Å². The molecule has 0 unspecified atom stereocenters. The summed E-state index contributed by atoms with van der Waals surface area (Å²) in [6.45, 7) is 7.94. The SMILES string of the molecule is C=c1ccccc(=C)c2ncccc2cc1. The lowest BCUT2D eigenvalue weighted by Crippen LogP contribution is -1.98. The van der Waals surface area contributed by atoms with Crippen LogP contribution in [-0.2, 0) is 0 Å². The lowest BCUT2D eigenvalue weighted by atomic mass is 10.2. The van der Waals surface area contributed by atoms with Gasteiger partial charge >= 0.3 is 0 Å². The van der Waals surface area contributed by atoms with Gasteiger partial charge in [0.1, 0.15) is 0 Å². The predicted octanol–water partition coefficient (Wildman–Crippen LogP) is 2.18. The van der Waals surface area contributed by atoms with Crippen LogP contribution in [0.5, 0.6) is 0 Å². The molecule has 0 spiro atoms. The summed E-state index contributed by atoms with van der Waals surface area (Å²) in [5.41, 5.74) is 0.915. The van der Waals surface area contributed by atoms with Gasteiger partial charge in [0.15, 0.2) is 0 Å². The maximum Gasteiger partial charge on any atom is 0.0768 e. The van der Waals surface area contributed by atoms with Crippen LogP contribution in [-0.4, -0.2) is 4.98 Å². The second-order valence-electron chi connectivity index (χ2n) is 3.59. The van der Waals surface area contributed by atoms with Gasteiger partial charge in [0.05, 0.1) is 5.52 Å². The number of rotatable bonds is 0. The van der Waals surface area contributed by atoms with Gasteiger partial charge in [0.2, 0.25) is 0 Å². The van der Waals surface area contributed by atoms with Crippen molar-refractivity contribution in [1.29, 1.82) is 0 Å². The molecule has 78 valence electrons. The van der Waals surface area contributed by atoms with Gasteiger partial charge in [-0.25, -0.2) is 0 Å². The maximum atomic E-state index is 4.34. The van der Waals surface area contributed by atoms with E-state index in [1.807, 2.05) is 48.5 Å². The monoisotopic (exact) mass is 207 g/mol. The summed E-state index contributed by atoms with van der Waals surface area (Å²) in [7, 11) is 0. The van der Waals surface area contributed by atoms with E-state index in [4.69, 9.17) is 0 Å². The molecule has 1 aromatic heterocycles. The highest BCUT2D eigenvalue weighted by atomic mass is 14.6. The molecule has 2 aromatic rings. The average molecular weight is 207 g/mol. The maximum absolute atomic E-state index is 4.34. The molecule has 0 bridgehead atoms. The molecule has 0 fully saturated rings. The van der Waals surface area contributed by atoms with Crippen molar-refractivity contribution < 1.29 is 0 Å². The van der Waals surface area contributed by atoms with E-state index in [0.717, 1.165) is 21.3 Å². The van der Waals surface area contributed by atoms with E-state index in [-0.39, 0.29) is 0 Å². The molecule has 0 aliphatic rings. The Labute approximate surface area is 94.7 Å². The Morgan fingerprint density at radius 2 is 1.62 bits per heavy atom. The molecule has 1 aromatic carbocycles. The first-order valence-corrected chi connectivity index (χ1v) is 5.13. The fourth-order valence-electron chi connectivity index (χ4n) is 1.50. The van der Waals surface area contributed by atoms with Crippen molar-refractivity contribution in [3.05, 3.63) is 65.2 Å². The average Bonchev–Trinajstić information content (AvgIpc) is 2.31. The zero-order chi connectivity index (χ0) is 11.4. The number of aromatic nitrogens is 1. The van der Waals surface area contributed by atoms with E-state index >= 15 is 0 Å². The Morgan fingerprint density at radius 1 is 0.812 bits per heavy atom. The van der Waals surface area contributed by atoms with Gasteiger partial charge in [-0.05, 0) is 16.5 Å². The number of hydrogen-bond acceptors (Lipinski definition) is 1. The van der Waals surface area contributed by atoms with E-state index in [1.54, 1.807) is 6.20 Å². The zero-order valence-electron chi connectivity index (χ0n) is 9.06. The lowest BCUT2D eigenvalue weighted by Gasteiger charge is -1.91. The fourth-order valence-corrected chi connectivity index (χ4v) is 1.50. The number of fused-ring (bicyclic) bond motifs is 1. The molecule has 2 rings (SSSR count). The third-order valence-corrected chi connectivity index (χ3v) is 2.34. The van der Waals surface area contributed by atoms with E-state index in [2.05, 4.69) is 18.1 Å². The summed E-state index contributed by atoms with van der Waals surface area (Å²) in [6, 6.07) is 15.7.